The lowest BCUT2D eigenvalue weighted by Crippen LogP contribution is -2.51. The number of hydrogen-bond donors (Lipinski definition) is 2. The molecule has 206 valence electrons. The number of carbonyl (C=O) groups excluding carboxylic acids is 1. The Morgan fingerprint density at radius 3 is 2.62 bits per heavy atom. The summed E-state index contributed by atoms with van der Waals surface area (Å²) in [5.74, 6) is 0.442. The fourth-order valence-electron chi connectivity index (χ4n) is 6.70. The summed E-state index contributed by atoms with van der Waals surface area (Å²) in [5.41, 5.74) is 3.57. The highest BCUT2D eigenvalue weighted by Gasteiger charge is 2.52. The van der Waals surface area contributed by atoms with Crippen LogP contribution in [0.25, 0.3) is 0 Å². The first-order valence-electron chi connectivity index (χ1n) is 13.5. The van der Waals surface area contributed by atoms with Gasteiger partial charge in [-0.1, -0.05) is 36.4 Å². The highest BCUT2D eigenvalue weighted by atomic mass is 19.4. The number of halogens is 3. The van der Waals surface area contributed by atoms with Crippen LogP contribution in [-0.4, -0.2) is 32.8 Å². The number of aryl methyl sites for hydroxylation is 3. The van der Waals surface area contributed by atoms with Crippen LogP contribution < -0.4 is 5.32 Å². The van der Waals surface area contributed by atoms with E-state index in [1.807, 2.05) is 43.3 Å². The van der Waals surface area contributed by atoms with Crippen molar-refractivity contribution in [2.24, 2.45) is 5.92 Å². The highest BCUT2D eigenvalue weighted by Crippen LogP contribution is 2.55. The van der Waals surface area contributed by atoms with E-state index < -0.39 is 18.2 Å². The number of nitrogens with one attached hydrogen (secondary N) is 1. The third kappa shape index (κ3) is 5.86. The predicted molar refractivity (Wildman–Crippen MR) is 144 cm³/mol. The molecule has 1 heterocycles. The second-order valence-corrected chi connectivity index (χ2v) is 11.3. The van der Waals surface area contributed by atoms with Gasteiger partial charge in [-0.05, 0) is 93.5 Å². The molecule has 8 heteroatoms. The molecule has 1 aromatic heterocycles. The number of fused-ring (bicyclic) bond motifs is 3. The SMILES string of the molecule is Cc1ncc(NC(=O)c2ccc3c(c2)CC[C@@H]2C[C@@](O)(CCC(F)(F)F)CC[C@@]32Cc2ccccc2)c(C)n1. The first kappa shape index (κ1) is 27.3. The van der Waals surface area contributed by atoms with Crippen molar-refractivity contribution in [3.8, 4) is 0 Å². The van der Waals surface area contributed by atoms with Crippen molar-refractivity contribution in [2.75, 3.05) is 5.32 Å². The number of amides is 1. The zero-order chi connectivity index (χ0) is 27.8. The molecule has 0 unspecified atom stereocenters. The van der Waals surface area contributed by atoms with Crippen LogP contribution in [-0.2, 0) is 18.3 Å². The molecule has 3 aromatic rings. The van der Waals surface area contributed by atoms with Crippen LogP contribution in [0.5, 0.6) is 0 Å². The Kier molecular flexibility index (Phi) is 7.27. The first-order chi connectivity index (χ1) is 18.5. The minimum atomic E-state index is -4.28. The average molecular weight is 538 g/mol. The third-order valence-corrected chi connectivity index (χ3v) is 8.69. The molecule has 0 bridgehead atoms. The van der Waals surface area contributed by atoms with Crippen LogP contribution in [0.2, 0.25) is 0 Å². The lowest BCUT2D eigenvalue weighted by molar-refractivity contribution is -0.153. The number of hydrogen-bond acceptors (Lipinski definition) is 4. The van der Waals surface area contributed by atoms with E-state index in [-0.39, 0.29) is 23.7 Å². The first-order valence-corrected chi connectivity index (χ1v) is 13.5. The van der Waals surface area contributed by atoms with Gasteiger partial charge in [0, 0.05) is 17.4 Å². The van der Waals surface area contributed by atoms with Crippen LogP contribution in [0, 0.1) is 19.8 Å². The summed E-state index contributed by atoms with van der Waals surface area (Å²) in [4.78, 5) is 21.6. The van der Waals surface area contributed by atoms with E-state index in [2.05, 4.69) is 27.4 Å². The van der Waals surface area contributed by atoms with Gasteiger partial charge in [-0.2, -0.15) is 13.2 Å². The molecular weight excluding hydrogens is 503 g/mol. The fraction of sp³-hybridized carbons (Fsp3) is 0.452. The molecule has 39 heavy (non-hydrogen) atoms. The molecule has 0 aliphatic heterocycles. The zero-order valence-electron chi connectivity index (χ0n) is 22.3. The van der Waals surface area contributed by atoms with Crippen molar-refractivity contribution in [1.29, 1.82) is 0 Å². The molecule has 1 amide bonds. The number of carbonyl (C=O) groups is 1. The van der Waals surface area contributed by atoms with Crippen molar-refractivity contribution in [3.63, 3.8) is 0 Å². The molecule has 2 aliphatic carbocycles. The van der Waals surface area contributed by atoms with Gasteiger partial charge in [0.2, 0.25) is 0 Å². The van der Waals surface area contributed by atoms with Gasteiger partial charge in [-0.25, -0.2) is 9.97 Å². The Morgan fingerprint density at radius 1 is 1.13 bits per heavy atom. The molecular formula is C31H34F3N3O2. The summed E-state index contributed by atoms with van der Waals surface area (Å²) in [6.45, 7) is 3.62. The smallest absolute Gasteiger partial charge is 0.389 e. The van der Waals surface area contributed by atoms with Gasteiger partial charge < -0.3 is 10.4 Å². The fourth-order valence-corrected chi connectivity index (χ4v) is 6.70. The Morgan fingerprint density at radius 2 is 1.90 bits per heavy atom. The number of anilines is 1. The largest absolute Gasteiger partial charge is 0.390 e. The molecule has 2 aromatic carbocycles. The standard InChI is InChI=1S/C31H34F3N3O2/c1-20-27(19-35-21(2)36-20)37-28(38)24-9-11-26-23(16-24)8-10-25-18-29(39,13-15-31(32,33)34)12-14-30(25,26)17-22-6-4-3-5-7-22/h3-7,9,11,16,19,25,39H,8,10,12-15,17-18H2,1-2H3,(H,37,38)/t25-,29+,30+/m1/s1. The number of rotatable bonds is 6. The van der Waals surface area contributed by atoms with Gasteiger partial charge in [-0.3, -0.25) is 4.79 Å². The van der Waals surface area contributed by atoms with Crippen molar-refractivity contribution >= 4 is 11.6 Å². The second-order valence-electron chi connectivity index (χ2n) is 11.3. The van der Waals surface area contributed by atoms with Gasteiger partial charge in [0.1, 0.15) is 5.82 Å². The Bertz CT molecular complexity index is 1360. The molecule has 0 spiro atoms. The molecule has 0 saturated heterocycles. The Balaban J connectivity index is 1.45. The molecule has 3 atom stereocenters. The van der Waals surface area contributed by atoms with E-state index in [1.165, 1.54) is 0 Å². The van der Waals surface area contributed by atoms with Crippen LogP contribution in [0.15, 0.2) is 54.7 Å². The van der Waals surface area contributed by atoms with Crippen LogP contribution in [0.3, 0.4) is 0 Å². The van der Waals surface area contributed by atoms with Gasteiger partial charge in [0.05, 0.1) is 23.2 Å². The summed E-state index contributed by atoms with van der Waals surface area (Å²) in [6.07, 6.45) is -0.436. The van der Waals surface area contributed by atoms with Crippen molar-refractivity contribution in [3.05, 3.63) is 88.5 Å². The van der Waals surface area contributed by atoms with E-state index in [9.17, 15) is 23.1 Å². The number of benzene rings is 2. The maximum Gasteiger partial charge on any atom is 0.389 e. The maximum absolute atomic E-state index is 13.1. The van der Waals surface area contributed by atoms with Crippen molar-refractivity contribution < 1.29 is 23.1 Å². The normalized spacial score (nSPS) is 24.5. The lowest BCUT2D eigenvalue weighted by atomic mass is 9.52. The lowest BCUT2D eigenvalue weighted by Gasteiger charge is -2.53. The number of aliphatic hydroxyl groups is 1. The summed E-state index contributed by atoms with van der Waals surface area (Å²) in [5, 5.41) is 14.1. The Hall–Kier alpha value is -3.26. The van der Waals surface area contributed by atoms with Crippen molar-refractivity contribution in [2.45, 2.75) is 82.4 Å². The molecule has 1 fully saturated rings. The second kappa shape index (κ2) is 10.4. The molecule has 0 radical (unpaired) electrons. The summed E-state index contributed by atoms with van der Waals surface area (Å²) < 4.78 is 39.0. The Labute approximate surface area is 226 Å². The van der Waals surface area contributed by atoms with E-state index >= 15 is 0 Å². The zero-order valence-corrected chi connectivity index (χ0v) is 22.3. The highest BCUT2D eigenvalue weighted by molar-refractivity contribution is 6.04. The topological polar surface area (TPSA) is 75.1 Å². The average Bonchev–Trinajstić information content (AvgIpc) is 2.89. The quantitative estimate of drug-likeness (QED) is 0.369. The van der Waals surface area contributed by atoms with Crippen LogP contribution in [0.4, 0.5) is 18.9 Å². The van der Waals surface area contributed by atoms with E-state index in [4.69, 9.17) is 0 Å². The monoisotopic (exact) mass is 537 g/mol. The maximum atomic E-state index is 13.1. The van der Waals surface area contributed by atoms with Gasteiger partial charge >= 0.3 is 6.18 Å². The minimum Gasteiger partial charge on any atom is -0.390 e. The molecule has 2 N–H and O–H groups in total. The molecule has 1 saturated carbocycles. The summed E-state index contributed by atoms with van der Waals surface area (Å²) in [7, 11) is 0. The van der Waals surface area contributed by atoms with Crippen molar-refractivity contribution in [1.82, 2.24) is 9.97 Å². The molecule has 5 rings (SSSR count). The number of alkyl halides is 3. The number of aromatic nitrogens is 2. The van der Waals surface area contributed by atoms with Gasteiger partial charge in [0.25, 0.3) is 5.91 Å². The number of nitrogens with zero attached hydrogens (tertiary/aromatic N) is 2. The van der Waals surface area contributed by atoms with E-state index in [0.29, 0.717) is 48.5 Å². The van der Waals surface area contributed by atoms with E-state index in [0.717, 1.165) is 29.5 Å². The van der Waals surface area contributed by atoms with Gasteiger partial charge in [0.15, 0.2) is 0 Å². The van der Waals surface area contributed by atoms with Crippen LogP contribution in [0.1, 0.15) is 77.1 Å². The predicted octanol–water partition coefficient (Wildman–Crippen LogP) is 6.65. The summed E-state index contributed by atoms with van der Waals surface area (Å²) in [6, 6.07) is 15.9. The minimum absolute atomic E-state index is 0.0456. The van der Waals surface area contributed by atoms with Crippen LogP contribution >= 0.6 is 0 Å². The third-order valence-electron chi connectivity index (χ3n) is 8.69. The van der Waals surface area contributed by atoms with Gasteiger partial charge in [-0.15, -0.1) is 0 Å². The van der Waals surface area contributed by atoms with E-state index in [1.54, 1.807) is 13.1 Å². The molecule has 2 aliphatic rings. The summed E-state index contributed by atoms with van der Waals surface area (Å²) >= 11 is 0. The molecule has 5 nitrogen and oxygen atoms in total.